The molecule has 0 saturated carbocycles. The number of alkyl halides is 3. The van der Waals surface area contributed by atoms with Crippen LogP contribution in [0, 0.1) is 5.82 Å². The summed E-state index contributed by atoms with van der Waals surface area (Å²) in [5, 5.41) is 0.940. The molecule has 134 valence electrons. The van der Waals surface area contributed by atoms with E-state index in [-0.39, 0.29) is 6.54 Å². The largest absolute Gasteiger partial charge is 0.417 e. The lowest BCUT2D eigenvalue weighted by Gasteiger charge is -2.28. The predicted octanol–water partition coefficient (Wildman–Crippen LogP) is 4.92. The van der Waals surface area contributed by atoms with Crippen molar-refractivity contribution in [2.24, 2.45) is 0 Å². The SMILES string of the molecule is O=C(c1cc(F)ccc1C(F)(F)F)N1CCCc2c1[nH]c1ccccc21. The monoisotopic (exact) mass is 362 g/mol. The van der Waals surface area contributed by atoms with Crippen LogP contribution in [0.25, 0.3) is 10.9 Å². The van der Waals surface area contributed by atoms with Gasteiger partial charge in [-0.2, -0.15) is 13.2 Å². The number of aryl methyl sites for hydroxylation is 1. The van der Waals surface area contributed by atoms with E-state index in [9.17, 15) is 22.4 Å². The summed E-state index contributed by atoms with van der Waals surface area (Å²) >= 11 is 0. The first kappa shape index (κ1) is 16.6. The molecule has 1 aromatic heterocycles. The maximum Gasteiger partial charge on any atom is 0.417 e. The number of amides is 1. The Morgan fingerprint density at radius 3 is 2.65 bits per heavy atom. The first-order valence-electron chi connectivity index (χ1n) is 8.14. The Morgan fingerprint density at radius 1 is 1.12 bits per heavy atom. The molecule has 2 heterocycles. The van der Waals surface area contributed by atoms with Gasteiger partial charge in [0.15, 0.2) is 0 Å². The maximum absolute atomic E-state index is 13.6. The van der Waals surface area contributed by atoms with Gasteiger partial charge >= 0.3 is 6.18 Å². The molecular formula is C19H14F4N2O. The lowest BCUT2D eigenvalue weighted by molar-refractivity contribution is -0.137. The van der Waals surface area contributed by atoms with Gasteiger partial charge in [0.2, 0.25) is 0 Å². The van der Waals surface area contributed by atoms with Gasteiger partial charge in [-0.1, -0.05) is 18.2 Å². The predicted molar refractivity (Wildman–Crippen MR) is 89.7 cm³/mol. The van der Waals surface area contributed by atoms with Gasteiger partial charge in [-0.15, -0.1) is 0 Å². The van der Waals surface area contributed by atoms with Crippen LogP contribution in [-0.4, -0.2) is 17.4 Å². The molecule has 1 aliphatic rings. The van der Waals surface area contributed by atoms with Crippen LogP contribution >= 0.6 is 0 Å². The van der Waals surface area contributed by atoms with Crippen molar-refractivity contribution in [2.45, 2.75) is 19.0 Å². The Morgan fingerprint density at radius 2 is 1.88 bits per heavy atom. The first-order valence-corrected chi connectivity index (χ1v) is 8.14. The van der Waals surface area contributed by atoms with E-state index >= 15 is 0 Å². The number of aromatic amines is 1. The number of carbonyl (C=O) groups is 1. The van der Waals surface area contributed by atoms with Crippen molar-refractivity contribution < 1.29 is 22.4 Å². The van der Waals surface area contributed by atoms with Crippen LogP contribution in [0.5, 0.6) is 0 Å². The number of fused-ring (bicyclic) bond motifs is 3. The molecule has 1 aliphatic heterocycles. The number of hydrogen-bond acceptors (Lipinski definition) is 1. The van der Waals surface area contributed by atoms with Crippen LogP contribution in [0.4, 0.5) is 23.4 Å². The summed E-state index contributed by atoms with van der Waals surface area (Å²) in [6.45, 7) is 0.270. The van der Waals surface area contributed by atoms with E-state index in [0.29, 0.717) is 30.4 Å². The Balaban J connectivity index is 1.84. The zero-order valence-corrected chi connectivity index (χ0v) is 13.5. The molecule has 0 unspecified atom stereocenters. The van der Waals surface area contributed by atoms with Crippen molar-refractivity contribution in [3.05, 3.63) is 65.0 Å². The van der Waals surface area contributed by atoms with Crippen molar-refractivity contribution in [1.29, 1.82) is 0 Å². The van der Waals surface area contributed by atoms with Gasteiger partial charge in [0, 0.05) is 23.0 Å². The Hall–Kier alpha value is -2.83. The molecule has 0 spiro atoms. The molecule has 0 bridgehead atoms. The highest BCUT2D eigenvalue weighted by Gasteiger charge is 2.37. The lowest BCUT2D eigenvalue weighted by atomic mass is 10.0. The van der Waals surface area contributed by atoms with E-state index in [1.165, 1.54) is 4.90 Å². The van der Waals surface area contributed by atoms with Crippen molar-refractivity contribution in [2.75, 3.05) is 11.4 Å². The van der Waals surface area contributed by atoms with Crippen LogP contribution in [0.15, 0.2) is 42.5 Å². The second-order valence-corrected chi connectivity index (χ2v) is 6.25. The zero-order valence-electron chi connectivity index (χ0n) is 13.5. The molecule has 1 amide bonds. The van der Waals surface area contributed by atoms with Crippen LogP contribution in [0.2, 0.25) is 0 Å². The molecule has 1 N–H and O–H groups in total. The molecule has 0 aliphatic carbocycles. The van der Waals surface area contributed by atoms with Crippen LogP contribution in [0.3, 0.4) is 0 Å². The summed E-state index contributed by atoms with van der Waals surface area (Å²) in [7, 11) is 0. The number of halogens is 4. The summed E-state index contributed by atoms with van der Waals surface area (Å²) in [6.07, 6.45) is -3.40. The van der Waals surface area contributed by atoms with Crippen LogP contribution < -0.4 is 4.90 Å². The van der Waals surface area contributed by atoms with Gasteiger partial charge in [0.1, 0.15) is 11.6 Å². The smallest absolute Gasteiger partial charge is 0.341 e. The quantitative estimate of drug-likeness (QED) is 0.613. The number of aromatic nitrogens is 1. The third kappa shape index (κ3) is 2.64. The van der Waals surface area contributed by atoms with E-state index in [1.807, 2.05) is 24.3 Å². The summed E-state index contributed by atoms with van der Waals surface area (Å²) in [5.74, 6) is -1.25. The van der Waals surface area contributed by atoms with Crippen molar-refractivity contribution in [3.63, 3.8) is 0 Å². The average molecular weight is 362 g/mol. The molecule has 2 aromatic carbocycles. The number of carbonyl (C=O) groups excluding carboxylic acids is 1. The highest BCUT2D eigenvalue weighted by Crippen LogP contribution is 2.37. The summed E-state index contributed by atoms with van der Waals surface area (Å²) in [6, 6.07) is 9.43. The fourth-order valence-electron chi connectivity index (χ4n) is 3.48. The number of rotatable bonds is 1. The van der Waals surface area contributed by atoms with E-state index in [0.717, 1.165) is 22.9 Å². The number of anilines is 1. The molecule has 7 heteroatoms. The van der Waals surface area contributed by atoms with Gasteiger partial charge in [-0.25, -0.2) is 4.39 Å². The van der Waals surface area contributed by atoms with Crippen molar-refractivity contribution in [3.8, 4) is 0 Å². The summed E-state index contributed by atoms with van der Waals surface area (Å²) < 4.78 is 53.4. The fraction of sp³-hybridized carbons (Fsp3) is 0.211. The minimum Gasteiger partial charge on any atom is -0.341 e. The van der Waals surface area contributed by atoms with Crippen molar-refractivity contribution >= 4 is 22.6 Å². The molecule has 3 aromatic rings. The number of benzene rings is 2. The zero-order chi connectivity index (χ0) is 18.5. The van der Waals surface area contributed by atoms with Gasteiger partial charge in [0.25, 0.3) is 5.91 Å². The molecular weight excluding hydrogens is 348 g/mol. The van der Waals surface area contributed by atoms with E-state index in [1.54, 1.807) is 0 Å². The molecule has 0 radical (unpaired) electrons. The summed E-state index contributed by atoms with van der Waals surface area (Å²) in [5.41, 5.74) is -0.103. The molecule has 4 rings (SSSR count). The fourth-order valence-corrected chi connectivity index (χ4v) is 3.48. The normalized spacial score (nSPS) is 14.5. The summed E-state index contributed by atoms with van der Waals surface area (Å²) in [4.78, 5) is 17.3. The van der Waals surface area contributed by atoms with Crippen molar-refractivity contribution in [1.82, 2.24) is 4.98 Å². The van der Waals surface area contributed by atoms with Gasteiger partial charge in [-0.05, 0) is 37.1 Å². The van der Waals surface area contributed by atoms with Crippen LogP contribution in [0.1, 0.15) is 27.9 Å². The first-order chi connectivity index (χ1) is 12.4. The molecule has 26 heavy (non-hydrogen) atoms. The number of hydrogen-bond donors (Lipinski definition) is 1. The maximum atomic E-state index is 13.6. The van der Waals surface area contributed by atoms with Gasteiger partial charge in [0.05, 0.1) is 11.1 Å². The van der Waals surface area contributed by atoms with Gasteiger partial charge < -0.3 is 4.98 Å². The topological polar surface area (TPSA) is 36.1 Å². The van der Waals surface area contributed by atoms with Crippen LogP contribution in [-0.2, 0) is 12.6 Å². The Bertz CT molecular complexity index is 1010. The minimum atomic E-state index is -4.74. The third-order valence-corrected chi connectivity index (χ3v) is 4.63. The minimum absolute atomic E-state index is 0.270. The number of nitrogens with one attached hydrogen (secondary N) is 1. The second kappa shape index (κ2) is 5.86. The average Bonchev–Trinajstić information content (AvgIpc) is 2.98. The number of para-hydroxylation sites is 1. The molecule has 0 atom stereocenters. The standard InChI is InChI=1S/C19H14F4N2O/c20-11-7-8-15(19(21,22)23)14(10-11)18(26)25-9-3-5-13-12-4-1-2-6-16(12)24-17(13)25/h1-2,4,6-8,10,24H,3,5,9H2. The van der Waals surface area contributed by atoms with E-state index < -0.39 is 29.0 Å². The molecule has 0 fully saturated rings. The Kier molecular flexibility index (Phi) is 3.75. The Labute approximate surface area is 146 Å². The van der Waals surface area contributed by atoms with E-state index in [4.69, 9.17) is 0 Å². The lowest BCUT2D eigenvalue weighted by Crippen LogP contribution is -2.36. The molecule has 3 nitrogen and oxygen atoms in total. The van der Waals surface area contributed by atoms with E-state index in [2.05, 4.69) is 4.98 Å². The third-order valence-electron chi connectivity index (χ3n) is 4.63. The highest BCUT2D eigenvalue weighted by molar-refractivity contribution is 6.09. The molecule has 0 saturated heterocycles. The highest BCUT2D eigenvalue weighted by atomic mass is 19.4. The second-order valence-electron chi connectivity index (χ2n) is 6.25. The van der Waals surface area contributed by atoms with Gasteiger partial charge in [-0.3, -0.25) is 9.69 Å². The number of H-pyrrole nitrogens is 1. The number of nitrogens with zero attached hydrogens (tertiary/aromatic N) is 1.